The summed E-state index contributed by atoms with van der Waals surface area (Å²) in [6.45, 7) is 3.08. The highest BCUT2D eigenvalue weighted by atomic mass is 32.2. The molecular weight excluding hydrogens is 295 g/mol. The number of sulfonamides is 1. The molecule has 0 aromatic rings. The van der Waals surface area contributed by atoms with E-state index in [0.29, 0.717) is 0 Å². The van der Waals surface area contributed by atoms with E-state index >= 15 is 0 Å². The molecule has 1 aliphatic heterocycles. The van der Waals surface area contributed by atoms with Gasteiger partial charge in [0.2, 0.25) is 0 Å². The highest BCUT2D eigenvalue weighted by Gasteiger charge is 2.58. The van der Waals surface area contributed by atoms with E-state index in [4.69, 9.17) is 5.11 Å². The number of carboxylic acids is 1. The van der Waals surface area contributed by atoms with Crippen LogP contribution in [0.1, 0.15) is 13.8 Å². The van der Waals surface area contributed by atoms with Crippen LogP contribution in [0.3, 0.4) is 0 Å². The van der Waals surface area contributed by atoms with Gasteiger partial charge >= 0.3 is 21.5 Å². The summed E-state index contributed by atoms with van der Waals surface area (Å²) in [6, 6.07) is -1.67. The number of thioether (sulfide) groups is 1. The molecule has 106 valence electrons. The Bertz CT molecular complexity index is 434. The van der Waals surface area contributed by atoms with Gasteiger partial charge < -0.3 is 5.11 Å². The molecule has 1 rings (SSSR count). The molecule has 1 N–H and O–H groups in total. The summed E-state index contributed by atoms with van der Waals surface area (Å²) >= 11 is 0.904. The SMILES string of the molecule is CC(C)C1SCC(C(=O)O)N1S(=O)(=O)C(F)(F)F. The maximum atomic E-state index is 12.5. The van der Waals surface area contributed by atoms with Crippen molar-refractivity contribution in [2.24, 2.45) is 5.92 Å². The van der Waals surface area contributed by atoms with Gasteiger partial charge in [0, 0.05) is 5.75 Å². The van der Waals surface area contributed by atoms with Crippen molar-refractivity contribution in [3.8, 4) is 0 Å². The lowest BCUT2D eigenvalue weighted by Crippen LogP contribution is -2.51. The van der Waals surface area contributed by atoms with Crippen LogP contribution in [-0.2, 0) is 14.8 Å². The van der Waals surface area contributed by atoms with Crippen LogP contribution in [0.2, 0.25) is 0 Å². The third-order valence-corrected chi connectivity index (χ3v) is 5.78. The summed E-state index contributed by atoms with van der Waals surface area (Å²) in [5, 5.41) is 7.81. The zero-order valence-electron chi connectivity index (χ0n) is 9.51. The molecule has 1 saturated heterocycles. The molecule has 1 fully saturated rings. The molecule has 10 heteroatoms. The van der Waals surface area contributed by atoms with Gasteiger partial charge in [-0.2, -0.15) is 17.5 Å². The Hall–Kier alpha value is -0.480. The normalized spacial score (nSPS) is 26.8. The van der Waals surface area contributed by atoms with E-state index in [1.54, 1.807) is 13.8 Å². The highest BCUT2D eigenvalue weighted by molar-refractivity contribution is 8.01. The lowest BCUT2D eigenvalue weighted by atomic mass is 10.2. The monoisotopic (exact) mass is 307 g/mol. The maximum Gasteiger partial charge on any atom is 0.511 e. The van der Waals surface area contributed by atoms with Crippen molar-refractivity contribution in [3.05, 3.63) is 0 Å². The quantitative estimate of drug-likeness (QED) is 0.851. The number of alkyl halides is 3. The first kappa shape index (κ1) is 15.6. The van der Waals surface area contributed by atoms with E-state index in [9.17, 15) is 26.4 Å². The number of carbonyl (C=O) groups is 1. The van der Waals surface area contributed by atoms with Gasteiger partial charge in [-0.3, -0.25) is 4.79 Å². The summed E-state index contributed by atoms with van der Waals surface area (Å²) in [7, 11) is -5.63. The first-order chi connectivity index (χ1) is 8.00. The molecular formula is C8H12F3NO4S2. The van der Waals surface area contributed by atoms with Gasteiger partial charge in [-0.05, 0) is 5.92 Å². The van der Waals surface area contributed by atoms with E-state index in [1.165, 1.54) is 0 Å². The average Bonchev–Trinajstić information content (AvgIpc) is 2.59. The lowest BCUT2D eigenvalue weighted by Gasteiger charge is -2.29. The molecule has 0 aliphatic carbocycles. The molecule has 2 unspecified atom stereocenters. The number of rotatable bonds is 3. The Kier molecular flexibility index (Phi) is 4.23. The van der Waals surface area contributed by atoms with Crippen molar-refractivity contribution in [2.45, 2.75) is 30.8 Å². The van der Waals surface area contributed by atoms with Gasteiger partial charge in [0.25, 0.3) is 0 Å². The Morgan fingerprint density at radius 2 is 1.94 bits per heavy atom. The minimum Gasteiger partial charge on any atom is -0.480 e. The van der Waals surface area contributed by atoms with E-state index in [1.807, 2.05) is 0 Å². The highest BCUT2D eigenvalue weighted by Crippen LogP contribution is 2.40. The fraction of sp³-hybridized carbons (Fsp3) is 0.875. The van der Waals surface area contributed by atoms with Crippen LogP contribution in [0, 0.1) is 5.92 Å². The summed E-state index contributed by atoms with van der Waals surface area (Å²) in [6.07, 6.45) is 0. The van der Waals surface area contributed by atoms with Crippen LogP contribution < -0.4 is 0 Å². The van der Waals surface area contributed by atoms with Crippen LogP contribution >= 0.6 is 11.8 Å². The van der Waals surface area contributed by atoms with Gasteiger partial charge in [0.15, 0.2) is 0 Å². The number of halogens is 3. The summed E-state index contributed by atoms with van der Waals surface area (Å²) < 4.78 is 60.5. The van der Waals surface area contributed by atoms with Crippen molar-refractivity contribution in [1.29, 1.82) is 0 Å². The number of carboxylic acid groups (broad SMARTS) is 1. The van der Waals surface area contributed by atoms with Crippen molar-refractivity contribution >= 4 is 27.8 Å². The van der Waals surface area contributed by atoms with E-state index in [2.05, 4.69) is 0 Å². The van der Waals surface area contributed by atoms with Crippen molar-refractivity contribution < 1.29 is 31.5 Å². The van der Waals surface area contributed by atoms with Gasteiger partial charge in [-0.1, -0.05) is 13.8 Å². The topological polar surface area (TPSA) is 74.7 Å². The Balaban J connectivity index is 3.24. The van der Waals surface area contributed by atoms with Crippen LogP contribution in [0.5, 0.6) is 0 Å². The number of aliphatic carboxylic acids is 1. The number of nitrogens with zero attached hydrogens (tertiary/aromatic N) is 1. The number of hydrogen-bond donors (Lipinski definition) is 1. The number of hydrogen-bond acceptors (Lipinski definition) is 4. The Labute approximate surface area is 106 Å². The molecule has 0 bridgehead atoms. The molecule has 0 saturated carbocycles. The van der Waals surface area contributed by atoms with Gasteiger partial charge in [0.1, 0.15) is 6.04 Å². The van der Waals surface area contributed by atoms with Crippen molar-refractivity contribution in [1.82, 2.24) is 4.31 Å². The molecule has 2 atom stereocenters. The summed E-state index contributed by atoms with van der Waals surface area (Å²) in [4.78, 5) is 10.9. The predicted octanol–water partition coefficient (Wildman–Crippen LogP) is 1.32. The van der Waals surface area contributed by atoms with Crippen LogP contribution in [0.4, 0.5) is 13.2 Å². The zero-order valence-corrected chi connectivity index (χ0v) is 11.1. The molecule has 1 aliphatic rings. The second-order valence-electron chi connectivity index (χ2n) is 4.10. The molecule has 5 nitrogen and oxygen atoms in total. The fourth-order valence-electron chi connectivity index (χ4n) is 1.60. The Morgan fingerprint density at radius 3 is 2.28 bits per heavy atom. The van der Waals surface area contributed by atoms with Gasteiger partial charge in [-0.25, -0.2) is 8.42 Å². The first-order valence-electron chi connectivity index (χ1n) is 4.94. The third-order valence-electron chi connectivity index (χ3n) is 2.41. The van der Waals surface area contributed by atoms with Gasteiger partial charge in [-0.15, -0.1) is 11.8 Å². The smallest absolute Gasteiger partial charge is 0.480 e. The van der Waals surface area contributed by atoms with Crippen molar-refractivity contribution in [3.63, 3.8) is 0 Å². The van der Waals surface area contributed by atoms with Gasteiger partial charge in [0.05, 0.1) is 5.37 Å². The van der Waals surface area contributed by atoms with Crippen LogP contribution in [0.25, 0.3) is 0 Å². The largest absolute Gasteiger partial charge is 0.511 e. The molecule has 0 radical (unpaired) electrons. The van der Waals surface area contributed by atoms with Crippen molar-refractivity contribution in [2.75, 3.05) is 5.75 Å². The standard InChI is InChI=1S/C8H12F3NO4S2/c1-4(2)6-12(5(3-17-6)7(13)14)18(15,16)8(9,10)11/h4-6H,3H2,1-2H3,(H,13,14). The molecule has 0 amide bonds. The van der Waals surface area contributed by atoms with E-state index in [-0.39, 0.29) is 10.1 Å². The lowest BCUT2D eigenvalue weighted by molar-refractivity contribution is -0.140. The Morgan fingerprint density at radius 1 is 1.44 bits per heavy atom. The molecule has 1 heterocycles. The molecule has 0 aromatic carbocycles. The second kappa shape index (κ2) is 4.89. The van der Waals surface area contributed by atoms with E-state index < -0.39 is 38.8 Å². The second-order valence-corrected chi connectivity index (χ2v) is 7.09. The molecule has 0 spiro atoms. The molecule has 0 aromatic heterocycles. The van der Waals surface area contributed by atoms with Crippen LogP contribution in [0.15, 0.2) is 0 Å². The minimum atomic E-state index is -5.63. The minimum absolute atomic E-state index is 0.0741. The fourth-order valence-corrected chi connectivity index (χ4v) is 4.84. The third kappa shape index (κ3) is 2.59. The predicted molar refractivity (Wildman–Crippen MR) is 59.3 cm³/mol. The van der Waals surface area contributed by atoms with Crippen LogP contribution in [-0.4, -0.2) is 46.5 Å². The maximum absolute atomic E-state index is 12.5. The average molecular weight is 307 g/mol. The first-order valence-corrected chi connectivity index (χ1v) is 7.43. The molecule has 18 heavy (non-hydrogen) atoms. The summed E-state index contributed by atoms with van der Waals surface area (Å²) in [5.41, 5.74) is -5.49. The van der Waals surface area contributed by atoms with E-state index in [0.717, 1.165) is 11.8 Å². The summed E-state index contributed by atoms with van der Waals surface area (Å²) in [5.74, 6) is -2.18. The zero-order chi connectivity index (χ0) is 14.3.